The second-order valence-electron chi connectivity index (χ2n) is 5.22. The van der Waals surface area contributed by atoms with E-state index in [0.717, 1.165) is 11.4 Å². The van der Waals surface area contributed by atoms with Gasteiger partial charge in [-0.05, 0) is 37.1 Å². The molecule has 2 rings (SSSR count). The molecule has 0 spiro atoms. The van der Waals surface area contributed by atoms with Crippen molar-refractivity contribution >= 4 is 28.1 Å². The largest absolute Gasteiger partial charge is 0.494 e. The van der Waals surface area contributed by atoms with E-state index in [1.807, 2.05) is 31.2 Å². The van der Waals surface area contributed by atoms with Crippen LogP contribution in [0.2, 0.25) is 0 Å². The summed E-state index contributed by atoms with van der Waals surface area (Å²) in [6.07, 6.45) is 0. The van der Waals surface area contributed by atoms with Gasteiger partial charge < -0.3 is 15.4 Å². The van der Waals surface area contributed by atoms with Crippen LogP contribution in [-0.4, -0.2) is 24.0 Å². The number of thiazole rings is 1. The van der Waals surface area contributed by atoms with Gasteiger partial charge in [0.2, 0.25) is 0 Å². The lowest BCUT2D eigenvalue weighted by molar-refractivity contribution is 0.0945. The summed E-state index contributed by atoms with van der Waals surface area (Å²) < 4.78 is 5.40. The lowest BCUT2D eigenvalue weighted by Crippen LogP contribution is -2.27. The number of anilines is 2. The van der Waals surface area contributed by atoms with Crippen LogP contribution in [0.1, 0.15) is 31.3 Å². The third kappa shape index (κ3) is 4.73. The first-order valence-corrected chi connectivity index (χ1v) is 8.20. The molecule has 0 aliphatic rings. The van der Waals surface area contributed by atoms with E-state index in [0.29, 0.717) is 29.9 Å². The van der Waals surface area contributed by atoms with Gasteiger partial charge in [-0.3, -0.25) is 4.79 Å². The van der Waals surface area contributed by atoms with Gasteiger partial charge in [0.25, 0.3) is 5.91 Å². The molecule has 0 unspecified atom stereocenters. The van der Waals surface area contributed by atoms with Crippen molar-refractivity contribution in [2.75, 3.05) is 18.5 Å². The Kier molecular flexibility index (Phi) is 5.77. The van der Waals surface area contributed by atoms with E-state index in [4.69, 9.17) is 4.74 Å². The van der Waals surface area contributed by atoms with Gasteiger partial charge in [0.1, 0.15) is 11.4 Å². The maximum absolute atomic E-state index is 11.9. The van der Waals surface area contributed by atoms with Gasteiger partial charge in [-0.25, -0.2) is 4.98 Å². The van der Waals surface area contributed by atoms with Crippen LogP contribution < -0.4 is 15.4 Å². The van der Waals surface area contributed by atoms with Crippen molar-refractivity contribution in [1.29, 1.82) is 0 Å². The first kappa shape index (κ1) is 16.3. The SMILES string of the molecule is CCOc1ccc(Nc2nc(C(=O)NCC(C)C)cs2)cc1. The van der Waals surface area contributed by atoms with Crippen LogP contribution in [-0.2, 0) is 0 Å². The molecular weight excluding hydrogens is 298 g/mol. The zero-order valence-corrected chi connectivity index (χ0v) is 13.9. The maximum atomic E-state index is 11.9. The molecule has 0 saturated heterocycles. The van der Waals surface area contributed by atoms with Gasteiger partial charge in [0.15, 0.2) is 5.13 Å². The lowest BCUT2D eigenvalue weighted by atomic mass is 10.2. The Morgan fingerprint density at radius 2 is 2.05 bits per heavy atom. The topological polar surface area (TPSA) is 63.2 Å². The molecule has 0 aliphatic heterocycles. The number of amides is 1. The summed E-state index contributed by atoms with van der Waals surface area (Å²) in [5, 5.41) is 8.49. The van der Waals surface area contributed by atoms with Crippen molar-refractivity contribution in [3.05, 3.63) is 35.3 Å². The molecule has 22 heavy (non-hydrogen) atoms. The molecular formula is C16H21N3O2S. The molecule has 0 atom stereocenters. The van der Waals surface area contributed by atoms with Crippen LogP contribution in [0.4, 0.5) is 10.8 Å². The summed E-state index contributed by atoms with van der Waals surface area (Å²) in [5.74, 6) is 1.12. The average molecular weight is 319 g/mol. The van der Waals surface area contributed by atoms with Crippen LogP contribution >= 0.6 is 11.3 Å². The molecule has 118 valence electrons. The fourth-order valence-electron chi connectivity index (χ4n) is 1.75. The Labute approximate surface area is 134 Å². The number of ether oxygens (including phenoxy) is 1. The van der Waals surface area contributed by atoms with Crippen molar-refractivity contribution in [1.82, 2.24) is 10.3 Å². The predicted molar refractivity (Wildman–Crippen MR) is 90.2 cm³/mol. The highest BCUT2D eigenvalue weighted by Gasteiger charge is 2.11. The third-order valence-corrected chi connectivity index (χ3v) is 3.58. The highest BCUT2D eigenvalue weighted by Crippen LogP contribution is 2.23. The Hall–Kier alpha value is -2.08. The molecule has 5 nitrogen and oxygen atoms in total. The summed E-state index contributed by atoms with van der Waals surface area (Å²) >= 11 is 1.41. The minimum absolute atomic E-state index is 0.135. The zero-order chi connectivity index (χ0) is 15.9. The van der Waals surface area contributed by atoms with E-state index in [2.05, 4.69) is 29.5 Å². The second-order valence-corrected chi connectivity index (χ2v) is 6.08. The first-order chi connectivity index (χ1) is 10.6. The van der Waals surface area contributed by atoms with Crippen molar-refractivity contribution in [3.8, 4) is 5.75 Å². The Bertz CT molecular complexity index is 608. The van der Waals surface area contributed by atoms with Crippen molar-refractivity contribution in [2.24, 2.45) is 5.92 Å². The van der Waals surface area contributed by atoms with Crippen molar-refractivity contribution < 1.29 is 9.53 Å². The number of carbonyl (C=O) groups is 1. The summed E-state index contributed by atoms with van der Waals surface area (Å²) in [6.45, 7) is 7.36. The number of benzene rings is 1. The molecule has 0 aliphatic carbocycles. The normalized spacial score (nSPS) is 10.5. The molecule has 1 heterocycles. The number of rotatable bonds is 7. The maximum Gasteiger partial charge on any atom is 0.270 e. The lowest BCUT2D eigenvalue weighted by Gasteiger charge is -2.06. The monoisotopic (exact) mass is 319 g/mol. The second kappa shape index (κ2) is 7.79. The third-order valence-electron chi connectivity index (χ3n) is 2.82. The average Bonchev–Trinajstić information content (AvgIpc) is 2.95. The van der Waals surface area contributed by atoms with Gasteiger partial charge in [0.05, 0.1) is 6.61 Å². The molecule has 1 aromatic heterocycles. The summed E-state index contributed by atoms with van der Waals surface area (Å²) in [6, 6.07) is 7.64. The molecule has 2 N–H and O–H groups in total. The fourth-order valence-corrected chi connectivity index (χ4v) is 2.46. The standard InChI is InChI=1S/C16H21N3O2S/c1-4-21-13-7-5-12(6-8-13)18-16-19-14(10-22-16)15(20)17-9-11(2)3/h5-8,10-11H,4,9H2,1-3H3,(H,17,20)(H,18,19). The van der Waals surface area contributed by atoms with Crippen LogP contribution in [0.15, 0.2) is 29.6 Å². The molecule has 0 fully saturated rings. The van der Waals surface area contributed by atoms with Crippen molar-refractivity contribution in [2.45, 2.75) is 20.8 Å². The van der Waals surface area contributed by atoms with Crippen LogP contribution in [0.5, 0.6) is 5.75 Å². The van der Waals surface area contributed by atoms with E-state index in [1.165, 1.54) is 11.3 Å². The molecule has 0 bridgehead atoms. The minimum Gasteiger partial charge on any atom is -0.494 e. The Morgan fingerprint density at radius 1 is 1.32 bits per heavy atom. The van der Waals surface area contributed by atoms with Gasteiger partial charge in [-0.15, -0.1) is 11.3 Å². The van der Waals surface area contributed by atoms with E-state index in [1.54, 1.807) is 5.38 Å². The number of nitrogens with zero attached hydrogens (tertiary/aromatic N) is 1. The van der Waals surface area contributed by atoms with Gasteiger partial charge in [0, 0.05) is 17.6 Å². The molecule has 0 radical (unpaired) electrons. The number of aromatic nitrogens is 1. The summed E-state index contributed by atoms with van der Waals surface area (Å²) in [5.41, 5.74) is 1.35. The quantitative estimate of drug-likeness (QED) is 0.817. The molecule has 1 amide bonds. The first-order valence-electron chi connectivity index (χ1n) is 7.32. The number of nitrogens with one attached hydrogen (secondary N) is 2. The molecule has 0 saturated carbocycles. The van der Waals surface area contributed by atoms with Gasteiger partial charge in [-0.2, -0.15) is 0 Å². The van der Waals surface area contributed by atoms with E-state index >= 15 is 0 Å². The number of hydrogen-bond acceptors (Lipinski definition) is 5. The highest BCUT2D eigenvalue weighted by atomic mass is 32.1. The molecule has 2 aromatic rings. The van der Waals surface area contributed by atoms with Gasteiger partial charge in [-0.1, -0.05) is 13.8 Å². The predicted octanol–water partition coefficient (Wildman–Crippen LogP) is 3.67. The Morgan fingerprint density at radius 3 is 2.68 bits per heavy atom. The number of hydrogen-bond donors (Lipinski definition) is 2. The zero-order valence-electron chi connectivity index (χ0n) is 13.1. The van der Waals surface area contributed by atoms with E-state index in [-0.39, 0.29) is 5.91 Å². The van der Waals surface area contributed by atoms with Crippen molar-refractivity contribution in [3.63, 3.8) is 0 Å². The number of carbonyl (C=O) groups excluding carboxylic acids is 1. The summed E-state index contributed by atoms with van der Waals surface area (Å²) in [7, 11) is 0. The minimum atomic E-state index is -0.135. The van der Waals surface area contributed by atoms with E-state index < -0.39 is 0 Å². The van der Waals surface area contributed by atoms with Crippen LogP contribution in [0, 0.1) is 5.92 Å². The molecule has 1 aromatic carbocycles. The van der Waals surface area contributed by atoms with E-state index in [9.17, 15) is 4.79 Å². The smallest absolute Gasteiger partial charge is 0.270 e. The highest BCUT2D eigenvalue weighted by molar-refractivity contribution is 7.14. The van der Waals surface area contributed by atoms with Crippen LogP contribution in [0.3, 0.4) is 0 Å². The van der Waals surface area contributed by atoms with Gasteiger partial charge >= 0.3 is 0 Å². The molecule has 6 heteroatoms. The summed E-state index contributed by atoms with van der Waals surface area (Å²) in [4.78, 5) is 16.2. The Balaban J connectivity index is 1.95. The fraction of sp³-hybridized carbons (Fsp3) is 0.375. The van der Waals surface area contributed by atoms with Crippen LogP contribution in [0.25, 0.3) is 0 Å².